The van der Waals surface area contributed by atoms with Crippen molar-refractivity contribution in [3.63, 3.8) is 0 Å². The van der Waals surface area contributed by atoms with E-state index in [1.807, 2.05) is 6.92 Å². The number of hydrogen-bond acceptors (Lipinski definition) is 3. The highest BCUT2D eigenvalue weighted by Crippen LogP contribution is 2.21. The molecule has 1 aromatic carbocycles. The molecular formula is C14H22N2OS. The van der Waals surface area contributed by atoms with Crippen molar-refractivity contribution in [2.75, 3.05) is 29.5 Å². The van der Waals surface area contributed by atoms with Gasteiger partial charge < -0.3 is 10.6 Å². The lowest BCUT2D eigenvalue weighted by Gasteiger charge is -2.29. The first-order chi connectivity index (χ1) is 8.56. The molecule has 0 bridgehead atoms. The largest absolute Gasteiger partial charge is 0.370 e. The average Bonchev–Trinajstić information content (AvgIpc) is 2.32. The number of benzene rings is 1. The van der Waals surface area contributed by atoms with Gasteiger partial charge in [0.2, 0.25) is 0 Å². The minimum atomic E-state index is -0.610. The monoisotopic (exact) mass is 266 g/mol. The number of rotatable bonds is 3. The molecule has 2 rings (SSSR count). The summed E-state index contributed by atoms with van der Waals surface area (Å²) in [5, 5.41) is 0. The molecule has 1 unspecified atom stereocenters. The van der Waals surface area contributed by atoms with Crippen molar-refractivity contribution in [1.29, 1.82) is 0 Å². The van der Waals surface area contributed by atoms with E-state index in [4.69, 9.17) is 5.73 Å². The highest BCUT2D eigenvalue weighted by atomic mass is 32.2. The molecule has 1 aliphatic rings. The van der Waals surface area contributed by atoms with E-state index in [1.165, 1.54) is 16.8 Å². The van der Waals surface area contributed by atoms with Gasteiger partial charge >= 0.3 is 0 Å². The fraction of sp³-hybridized carbons (Fsp3) is 0.571. The van der Waals surface area contributed by atoms with Crippen molar-refractivity contribution in [2.24, 2.45) is 5.73 Å². The van der Waals surface area contributed by atoms with Crippen LogP contribution in [0.25, 0.3) is 0 Å². The quantitative estimate of drug-likeness (QED) is 0.901. The molecule has 18 heavy (non-hydrogen) atoms. The summed E-state index contributed by atoms with van der Waals surface area (Å²) in [5.74, 6) is 1.58. The van der Waals surface area contributed by atoms with Crippen LogP contribution < -0.4 is 10.6 Å². The fourth-order valence-electron chi connectivity index (χ4n) is 2.35. The summed E-state index contributed by atoms with van der Waals surface area (Å²) in [7, 11) is -0.610. The lowest BCUT2D eigenvalue weighted by Crippen LogP contribution is -2.37. The van der Waals surface area contributed by atoms with E-state index in [0.29, 0.717) is 0 Å². The van der Waals surface area contributed by atoms with E-state index < -0.39 is 10.8 Å². The summed E-state index contributed by atoms with van der Waals surface area (Å²) in [6.07, 6.45) is 0.927. The summed E-state index contributed by atoms with van der Waals surface area (Å²) in [4.78, 5) is 2.32. The summed E-state index contributed by atoms with van der Waals surface area (Å²) in [6.45, 7) is 5.98. The molecule has 0 spiro atoms. The third-order valence-electron chi connectivity index (χ3n) is 3.41. The van der Waals surface area contributed by atoms with Gasteiger partial charge in [-0.3, -0.25) is 4.21 Å². The average molecular weight is 266 g/mol. The van der Waals surface area contributed by atoms with Crippen LogP contribution in [0.4, 0.5) is 5.69 Å². The maximum Gasteiger partial charge on any atom is 0.0411 e. The molecule has 0 amide bonds. The van der Waals surface area contributed by atoms with E-state index in [1.54, 1.807) is 0 Å². The van der Waals surface area contributed by atoms with Crippen LogP contribution in [-0.2, 0) is 17.2 Å². The molecule has 1 aliphatic heterocycles. The molecule has 1 atom stereocenters. The van der Waals surface area contributed by atoms with E-state index in [9.17, 15) is 4.21 Å². The second-order valence-corrected chi connectivity index (χ2v) is 6.82. The first kappa shape index (κ1) is 13.6. The van der Waals surface area contributed by atoms with Gasteiger partial charge in [-0.05, 0) is 43.5 Å². The molecule has 0 saturated carbocycles. The number of anilines is 1. The standard InChI is InChI=1S/C14H22N2OS/c1-11-9-14(4-3-13(11)10-12(2)15)16-5-7-18(17)8-6-16/h3-4,9,12H,5-8,10,15H2,1-2H3. The maximum absolute atomic E-state index is 11.4. The van der Waals surface area contributed by atoms with Gasteiger partial charge in [-0.25, -0.2) is 0 Å². The molecular weight excluding hydrogens is 244 g/mol. The normalized spacial score (nSPS) is 18.9. The SMILES string of the molecule is Cc1cc(N2CCS(=O)CC2)ccc1CC(C)N. The second-order valence-electron chi connectivity index (χ2n) is 5.13. The molecule has 4 heteroatoms. The Morgan fingerprint density at radius 3 is 2.61 bits per heavy atom. The molecule has 0 aromatic heterocycles. The zero-order chi connectivity index (χ0) is 13.1. The minimum Gasteiger partial charge on any atom is -0.370 e. The van der Waals surface area contributed by atoms with Gasteiger partial charge in [-0.1, -0.05) is 6.07 Å². The Labute approximate surface area is 112 Å². The summed E-state index contributed by atoms with van der Waals surface area (Å²) < 4.78 is 11.4. The van der Waals surface area contributed by atoms with Crippen molar-refractivity contribution in [1.82, 2.24) is 0 Å². The third kappa shape index (κ3) is 3.33. The second kappa shape index (κ2) is 5.85. The number of nitrogens with two attached hydrogens (primary N) is 1. The molecule has 100 valence electrons. The lowest BCUT2D eigenvalue weighted by atomic mass is 10.0. The van der Waals surface area contributed by atoms with Gasteiger partial charge in [0.1, 0.15) is 0 Å². The van der Waals surface area contributed by atoms with Crippen molar-refractivity contribution >= 4 is 16.5 Å². The van der Waals surface area contributed by atoms with Crippen LogP contribution in [0.15, 0.2) is 18.2 Å². The highest BCUT2D eigenvalue weighted by Gasteiger charge is 2.16. The molecule has 1 saturated heterocycles. The smallest absolute Gasteiger partial charge is 0.0411 e. The fourth-order valence-corrected chi connectivity index (χ4v) is 3.40. The van der Waals surface area contributed by atoms with E-state index >= 15 is 0 Å². The van der Waals surface area contributed by atoms with E-state index in [-0.39, 0.29) is 6.04 Å². The third-order valence-corrected chi connectivity index (χ3v) is 4.69. The predicted octanol–water partition coefficient (Wildman–Crippen LogP) is 1.45. The minimum absolute atomic E-state index is 0.201. The zero-order valence-corrected chi connectivity index (χ0v) is 12.0. The van der Waals surface area contributed by atoms with Gasteiger partial charge in [-0.15, -0.1) is 0 Å². The van der Waals surface area contributed by atoms with Crippen LogP contribution in [0.5, 0.6) is 0 Å². The van der Waals surface area contributed by atoms with Crippen LogP contribution in [0.2, 0.25) is 0 Å². The Morgan fingerprint density at radius 2 is 2.06 bits per heavy atom. The van der Waals surface area contributed by atoms with Gasteiger partial charge in [0, 0.05) is 47.1 Å². The van der Waals surface area contributed by atoms with Gasteiger partial charge in [0.05, 0.1) is 0 Å². The van der Waals surface area contributed by atoms with Crippen molar-refractivity contribution in [2.45, 2.75) is 26.3 Å². The molecule has 0 radical (unpaired) electrons. The summed E-state index contributed by atoms with van der Waals surface area (Å²) >= 11 is 0. The zero-order valence-electron chi connectivity index (χ0n) is 11.2. The van der Waals surface area contributed by atoms with Crippen LogP contribution in [0.3, 0.4) is 0 Å². The molecule has 1 heterocycles. The number of aryl methyl sites for hydroxylation is 1. The molecule has 2 N–H and O–H groups in total. The molecule has 3 nitrogen and oxygen atoms in total. The first-order valence-electron chi connectivity index (χ1n) is 6.51. The van der Waals surface area contributed by atoms with E-state index in [0.717, 1.165) is 31.0 Å². The van der Waals surface area contributed by atoms with Crippen LogP contribution in [0.1, 0.15) is 18.1 Å². The Hall–Kier alpha value is -0.870. The summed E-state index contributed by atoms with van der Waals surface area (Å²) in [6, 6.07) is 6.77. The van der Waals surface area contributed by atoms with Crippen LogP contribution in [0, 0.1) is 6.92 Å². The van der Waals surface area contributed by atoms with Gasteiger partial charge in [-0.2, -0.15) is 0 Å². The number of nitrogens with zero attached hydrogens (tertiary/aromatic N) is 1. The summed E-state index contributed by atoms with van der Waals surface area (Å²) in [5.41, 5.74) is 9.72. The van der Waals surface area contributed by atoms with Crippen LogP contribution >= 0.6 is 0 Å². The molecule has 0 aliphatic carbocycles. The molecule has 1 aromatic rings. The van der Waals surface area contributed by atoms with Crippen molar-refractivity contribution in [3.05, 3.63) is 29.3 Å². The molecule has 1 fully saturated rings. The van der Waals surface area contributed by atoms with Crippen molar-refractivity contribution in [3.8, 4) is 0 Å². The van der Waals surface area contributed by atoms with Gasteiger partial charge in [0.25, 0.3) is 0 Å². The Balaban J connectivity index is 2.11. The Kier molecular flexibility index (Phi) is 4.40. The highest BCUT2D eigenvalue weighted by molar-refractivity contribution is 7.85. The Morgan fingerprint density at radius 1 is 1.39 bits per heavy atom. The number of hydrogen-bond donors (Lipinski definition) is 1. The van der Waals surface area contributed by atoms with Crippen molar-refractivity contribution < 1.29 is 4.21 Å². The topological polar surface area (TPSA) is 46.3 Å². The maximum atomic E-state index is 11.4. The Bertz CT molecular complexity index is 435. The van der Waals surface area contributed by atoms with Crippen LogP contribution in [-0.4, -0.2) is 34.8 Å². The lowest BCUT2D eigenvalue weighted by molar-refractivity contribution is 0.673. The predicted molar refractivity (Wildman–Crippen MR) is 78.6 cm³/mol. The van der Waals surface area contributed by atoms with E-state index in [2.05, 4.69) is 30.0 Å². The first-order valence-corrected chi connectivity index (χ1v) is 8.00. The van der Waals surface area contributed by atoms with Gasteiger partial charge in [0.15, 0.2) is 0 Å².